The summed E-state index contributed by atoms with van der Waals surface area (Å²) in [6, 6.07) is 20.1. The zero-order valence-corrected chi connectivity index (χ0v) is 15.5. The molecule has 2 aromatic rings. The van der Waals surface area contributed by atoms with E-state index in [-0.39, 0.29) is 23.9 Å². The van der Waals surface area contributed by atoms with Gasteiger partial charge >= 0.3 is 12.0 Å². The third-order valence-corrected chi connectivity index (χ3v) is 5.30. The lowest BCUT2D eigenvalue weighted by Gasteiger charge is -2.33. The number of carbonyl (C=O) groups excluding carboxylic acids is 1. The summed E-state index contributed by atoms with van der Waals surface area (Å²) in [7, 11) is 0. The summed E-state index contributed by atoms with van der Waals surface area (Å²) in [4.78, 5) is 25.5. The summed E-state index contributed by atoms with van der Waals surface area (Å²) in [6.07, 6.45) is 1.02. The number of aliphatic carboxylic acids is 1. The Morgan fingerprint density at radius 2 is 1.44 bits per heavy atom. The van der Waals surface area contributed by atoms with E-state index in [1.807, 2.05) is 43.3 Å². The monoisotopic (exact) mass is 366 g/mol. The molecule has 1 heterocycles. The lowest BCUT2D eigenvalue weighted by molar-refractivity contribution is -0.143. The Bertz CT molecular complexity index is 716. The minimum Gasteiger partial charge on any atom is -0.481 e. The Morgan fingerprint density at radius 3 is 1.89 bits per heavy atom. The third-order valence-electron chi connectivity index (χ3n) is 5.30. The molecule has 0 spiro atoms. The van der Waals surface area contributed by atoms with Crippen LogP contribution in [0.1, 0.15) is 36.8 Å². The lowest BCUT2D eigenvalue weighted by atomic mass is 9.86. The van der Waals surface area contributed by atoms with Gasteiger partial charge in [-0.15, -0.1) is 0 Å². The van der Waals surface area contributed by atoms with Crippen LogP contribution in [0.2, 0.25) is 0 Å². The first kappa shape index (κ1) is 19.0. The van der Waals surface area contributed by atoms with Gasteiger partial charge in [-0.25, -0.2) is 4.79 Å². The van der Waals surface area contributed by atoms with Crippen LogP contribution < -0.4 is 5.32 Å². The van der Waals surface area contributed by atoms with E-state index in [9.17, 15) is 9.59 Å². The summed E-state index contributed by atoms with van der Waals surface area (Å²) in [5.41, 5.74) is 2.31. The van der Waals surface area contributed by atoms with Gasteiger partial charge in [-0.3, -0.25) is 4.79 Å². The maximum atomic E-state index is 12.7. The van der Waals surface area contributed by atoms with Crippen molar-refractivity contribution >= 4 is 12.0 Å². The molecule has 0 saturated carbocycles. The number of amides is 2. The molecule has 5 nitrogen and oxygen atoms in total. The Balaban J connectivity index is 1.71. The largest absolute Gasteiger partial charge is 0.481 e. The predicted octanol–water partition coefficient (Wildman–Crippen LogP) is 3.71. The zero-order chi connectivity index (χ0) is 19.2. The van der Waals surface area contributed by atoms with E-state index in [0.29, 0.717) is 25.9 Å². The molecule has 1 unspecified atom stereocenters. The van der Waals surface area contributed by atoms with Gasteiger partial charge in [0.15, 0.2) is 0 Å². The minimum absolute atomic E-state index is 0.0490. The van der Waals surface area contributed by atoms with Crippen molar-refractivity contribution in [3.8, 4) is 0 Å². The lowest BCUT2D eigenvalue weighted by Crippen LogP contribution is -2.49. The molecule has 0 bridgehead atoms. The smallest absolute Gasteiger partial charge is 0.317 e. The second-order valence-electron chi connectivity index (χ2n) is 7.14. The van der Waals surface area contributed by atoms with Gasteiger partial charge in [-0.2, -0.15) is 0 Å². The van der Waals surface area contributed by atoms with Crippen LogP contribution in [0.4, 0.5) is 4.79 Å². The standard InChI is InChI=1S/C22H26N2O3/c1-16(23-22(27)24-14-12-19(13-15-24)21(25)26)20(17-8-4-2-5-9-17)18-10-6-3-7-11-18/h2-11,16,19-20H,12-15H2,1H3,(H,23,27)(H,25,26). The highest BCUT2D eigenvalue weighted by molar-refractivity contribution is 5.76. The molecule has 0 aromatic heterocycles. The number of piperidine rings is 1. The van der Waals surface area contributed by atoms with Gasteiger partial charge in [0.05, 0.1) is 5.92 Å². The Labute approximate surface area is 160 Å². The molecule has 0 radical (unpaired) electrons. The highest BCUT2D eigenvalue weighted by Gasteiger charge is 2.29. The number of carboxylic acids is 1. The van der Waals surface area contributed by atoms with Crippen LogP contribution in [0.5, 0.6) is 0 Å². The number of likely N-dealkylation sites (tertiary alicyclic amines) is 1. The fourth-order valence-electron chi connectivity index (χ4n) is 3.79. The number of nitrogens with zero attached hydrogens (tertiary/aromatic N) is 1. The summed E-state index contributed by atoms with van der Waals surface area (Å²) in [5.74, 6) is -1.06. The Morgan fingerprint density at radius 1 is 0.963 bits per heavy atom. The first-order chi connectivity index (χ1) is 13.1. The van der Waals surface area contributed by atoms with Gasteiger partial charge in [0, 0.05) is 25.0 Å². The number of carbonyl (C=O) groups is 2. The van der Waals surface area contributed by atoms with E-state index in [2.05, 4.69) is 29.6 Å². The van der Waals surface area contributed by atoms with Crippen LogP contribution in [0.3, 0.4) is 0 Å². The number of rotatable bonds is 5. The molecule has 2 aromatic carbocycles. The highest BCUT2D eigenvalue weighted by Crippen LogP contribution is 2.28. The van der Waals surface area contributed by atoms with Gasteiger partial charge in [0.2, 0.25) is 0 Å². The molecule has 5 heteroatoms. The quantitative estimate of drug-likeness (QED) is 0.847. The van der Waals surface area contributed by atoms with Gasteiger partial charge in [0.25, 0.3) is 0 Å². The maximum Gasteiger partial charge on any atom is 0.317 e. The SMILES string of the molecule is CC(NC(=O)N1CCC(C(=O)O)CC1)C(c1ccccc1)c1ccccc1. The van der Waals surface area contributed by atoms with E-state index in [1.165, 1.54) is 0 Å². The van der Waals surface area contributed by atoms with Crippen molar-refractivity contribution in [2.45, 2.75) is 31.7 Å². The molecule has 1 aliphatic rings. The molecule has 1 saturated heterocycles. The molecular weight excluding hydrogens is 340 g/mol. The van der Waals surface area contributed by atoms with E-state index >= 15 is 0 Å². The van der Waals surface area contributed by atoms with Gasteiger partial charge in [0.1, 0.15) is 0 Å². The normalized spacial score (nSPS) is 16.1. The second kappa shape index (κ2) is 8.71. The summed E-state index contributed by atoms with van der Waals surface area (Å²) >= 11 is 0. The molecule has 27 heavy (non-hydrogen) atoms. The van der Waals surface area contributed by atoms with Crippen molar-refractivity contribution in [3.63, 3.8) is 0 Å². The van der Waals surface area contributed by atoms with Crippen molar-refractivity contribution in [2.24, 2.45) is 5.92 Å². The van der Waals surface area contributed by atoms with E-state index in [4.69, 9.17) is 5.11 Å². The molecule has 1 aliphatic heterocycles. The summed E-state index contributed by atoms with van der Waals surface area (Å²) in [5, 5.41) is 12.2. The van der Waals surface area contributed by atoms with Crippen molar-refractivity contribution in [1.82, 2.24) is 10.2 Å². The average molecular weight is 366 g/mol. The number of nitrogens with one attached hydrogen (secondary N) is 1. The van der Waals surface area contributed by atoms with Crippen LogP contribution in [0, 0.1) is 5.92 Å². The third kappa shape index (κ3) is 4.67. The molecule has 1 fully saturated rings. The van der Waals surface area contributed by atoms with E-state index in [0.717, 1.165) is 11.1 Å². The fraction of sp³-hybridized carbons (Fsp3) is 0.364. The van der Waals surface area contributed by atoms with Gasteiger partial charge < -0.3 is 15.3 Å². The fourth-order valence-corrected chi connectivity index (χ4v) is 3.79. The van der Waals surface area contributed by atoms with Crippen molar-refractivity contribution in [3.05, 3.63) is 71.8 Å². The van der Waals surface area contributed by atoms with Crippen LogP contribution in [0.25, 0.3) is 0 Å². The van der Waals surface area contributed by atoms with Crippen molar-refractivity contribution in [1.29, 1.82) is 0 Å². The summed E-state index contributed by atoms with van der Waals surface area (Å²) < 4.78 is 0. The first-order valence-corrected chi connectivity index (χ1v) is 9.44. The molecule has 1 atom stereocenters. The molecule has 0 aliphatic carbocycles. The number of benzene rings is 2. The van der Waals surface area contributed by atoms with Crippen molar-refractivity contribution in [2.75, 3.05) is 13.1 Å². The topological polar surface area (TPSA) is 69.6 Å². The van der Waals surface area contributed by atoms with Gasteiger partial charge in [-0.1, -0.05) is 60.7 Å². The molecule has 3 rings (SSSR count). The molecule has 2 amide bonds. The number of urea groups is 1. The zero-order valence-electron chi connectivity index (χ0n) is 15.5. The predicted molar refractivity (Wildman–Crippen MR) is 105 cm³/mol. The Hall–Kier alpha value is -2.82. The maximum absolute atomic E-state index is 12.7. The second-order valence-corrected chi connectivity index (χ2v) is 7.14. The first-order valence-electron chi connectivity index (χ1n) is 9.44. The van der Waals surface area contributed by atoms with Crippen LogP contribution in [-0.2, 0) is 4.79 Å². The molecule has 142 valence electrons. The highest BCUT2D eigenvalue weighted by atomic mass is 16.4. The Kier molecular flexibility index (Phi) is 6.12. The number of hydrogen-bond donors (Lipinski definition) is 2. The average Bonchev–Trinajstić information content (AvgIpc) is 2.70. The molecular formula is C22H26N2O3. The van der Waals surface area contributed by atoms with E-state index in [1.54, 1.807) is 4.90 Å². The van der Waals surface area contributed by atoms with Gasteiger partial charge in [-0.05, 0) is 30.9 Å². The van der Waals surface area contributed by atoms with Crippen LogP contribution in [-0.4, -0.2) is 41.1 Å². The van der Waals surface area contributed by atoms with E-state index < -0.39 is 5.97 Å². The minimum atomic E-state index is -0.767. The van der Waals surface area contributed by atoms with Crippen LogP contribution >= 0.6 is 0 Å². The number of hydrogen-bond acceptors (Lipinski definition) is 2. The number of carboxylic acid groups (broad SMARTS) is 1. The van der Waals surface area contributed by atoms with Crippen LogP contribution in [0.15, 0.2) is 60.7 Å². The van der Waals surface area contributed by atoms with Crippen molar-refractivity contribution < 1.29 is 14.7 Å². The molecule has 2 N–H and O–H groups in total. The summed E-state index contributed by atoms with van der Waals surface area (Å²) in [6.45, 7) is 2.99.